The molecule has 1 fully saturated rings. The SMILES string of the molecule is Cc1cc(Oc2ccccc2)ccc1-n1c(=O)nc2c(=C(O)C[C@H]3CCC[C@H](N)C3)sc3nccc1c32. The molecule has 0 amide bonds. The van der Waals surface area contributed by atoms with Gasteiger partial charge in [0.15, 0.2) is 0 Å². The first-order valence-electron chi connectivity index (χ1n) is 12.6. The molecule has 1 aliphatic rings. The van der Waals surface area contributed by atoms with Crippen LogP contribution in [0.2, 0.25) is 0 Å². The number of hydrogen-bond acceptors (Lipinski definition) is 7. The first-order chi connectivity index (χ1) is 18.0. The van der Waals surface area contributed by atoms with E-state index in [4.69, 9.17) is 10.5 Å². The van der Waals surface area contributed by atoms with E-state index in [9.17, 15) is 9.90 Å². The number of aliphatic hydroxyl groups is 1. The molecule has 188 valence electrons. The molecular formula is C29H28N4O3S. The summed E-state index contributed by atoms with van der Waals surface area (Å²) in [7, 11) is 0. The predicted octanol–water partition coefficient (Wildman–Crippen LogP) is 5.39. The molecule has 1 aliphatic carbocycles. The van der Waals surface area contributed by atoms with Crippen LogP contribution in [0.25, 0.3) is 32.7 Å². The Kier molecular flexibility index (Phi) is 6.14. The van der Waals surface area contributed by atoms with Crippen LogP contribution in [0.3, 0.4) is 0 Å². The minimum Gasteiger partial charge on any atom is -0.511 e. The molecule has 0 aliphatic heterocycles. The molecule has 2 atom stereocenters. The number of aryl methyl sites for hydroxylation is 1. The lowest BCUT2D eigenvalue weighted by atomic mass is 9.84. The van der Waals surface area contributed by atoms with Crippen molar-refractivity contribution in [3.8, 4) is 17.2 Å². The number of pyridine rings is 1. The van der Waals surface area contributed by atoms with E-state index in [0.717, 1.165) is 58.4 Å². The van der Waals surface area contributed by atoms with Gasteiger partial charge in [0.05, 0.1) is 21.1 Å². The van der Waals surface area contributed by atoms with Crippen molar-refractivity contribution >= 4 is 38.3 Å². The van der Waals surface area contributed by atoms with Crippen molar-refractivity contribution in [3.63, 3.8) is 0 Å². The van der Waals surface area contributed by atoms with Crippen LogP contribution < -0.4 is 20.7 Å². The van der Waals surface area contributed by atoms with Crippen LogP contribution in [0, 0.1) is 12.8 Å². The highest BCUT2D eigenvalue weighted by molar-refractivity contribution is 7.17. The van der Waals surface area contributed by atoms with Gasteiger partial charge in [-0.1, -0.05) is 24.6 Å². The van der Waals surface area contributed by atoms with Gasteiger partial charge in [-0.3, -0.25) is 4.57 Å². The lowest BCUT2D eigenvalue weighted by molar-refractivity contribution is 0.308. The summed E-state index contributed by atoms with van der Waals surface area (Å²) in [6, 6.07) is 17.2. The standard InChI is InChI=1S/C29H28N4O3S/c1-17-14-21(36-20-8-3-2-4-9-20)10-11-22(17)33-23-12-13-31-28-25(23)26(32-29(33)35)27(37-28)24(34)16-18-6-5-7-19(30)15-18/h2-4,8-14,18-19,34H,5-7,15-16,30H2,1H3/t18-,19-/m0/s1. The molecule has 3 N–H and O–H groups in total. The highest BCUT2D eigenvalue weighted by Gasteiger charge is 2.23. The minimum absolute atomic E-state index is 0.188. The molecule has 1 saturated carbocycles. The zero-order valence-corrected chi connectivity index (χ0v) is 21.4. The molecule has 0 spiro atoms. The van der Waals surface area contributed by atoms with Gasteiger partial charge < -0.3 is 15.6 Å². The number of rotatable bonds is 5. The van der Waals surface area contributed by atoms with E-state index in [0.29, 0.717) is 28.1 Å². The average molecular weight is 513 g/mol. The second-order valence-corrected chi connectivity index (χ2v) is 10.8. The van der Waals surface area contributed by atoms with Gasteiger partial charge in [0, 0.05) is 18.7 Å². The smallest absolute Gasteiger partial charge is 0.353 e. The molecule has 0 radical (unpaired) electrons. The molecule has 37 heavy (non-hydrogen) atoms. The average Bonchev–Trinajstić information content (AvgIpc) is 3.25. The van der Waals surface area contributed by atoms with Crippen LogP contribution in [-0.4, -0.2) is 25.7 Å². The quantitative estimate of drug-likeness (QED) is 0.327. The number of thiophene rings is 1. The van der Waals surface area contributed by atoms with E-state index < -0.39 is 5.69 Å². The summed E-state index contributed by atoms with van der Waals surface area (Å²) in [6.45, 7) is 1.95. The summed E-state index contributed by atoms with van der Waals surface area (Å²) in [5, 5.41) is 11.9. The topological polar surface area (TPSA) is 103 Å². The number of para-hydroxylation sites is 1. The highest BCUT2D eigenvalue weighted by Crippen LogP contribution is 2.31. The summed E-state index contributed by atoms with van der Waals surface area (Å²) in [6.07, 6.45) is 6.31. The minimum atomic E-state index is -0.396. The summed E-state index contributed by atoms with van der Waals surface area (Å²) in [5.74, 6) is 2.04. The Balaban J connectivity index is 1.44. The van der Waals surface area contributed by atoms with Crippen molar-refractivity contribution in [3.05, 3.63) is 81.4 Å². The first-order valence-corrected chi connectivity index (χ1v) is 13.4. The van der Waals surface area contributed by atoms with Gasteiger partial charge in [-0.25, -0.2) is 9.78 Å². The maximum atomic E-state index is 13.4. The number of nitrogens with zero attached hydrogens (tertiary/aromatic N) is 3. The molecule has 0 saturated heterocycles. The Hall–Kier alpha value is -3.75. The van der Waals surface area contributed by atoms with Gasteiger partial charge in [-0.15, -0.1) is 11.3 Å². The summed E-state index contributed by atoms with van der Waals surface area (Å²) in [4.78, 5) is 23.2. The first kappa shape index (κ1) is 23.6. The van der Waals surface area contributed by atoms with Gasteiger partial charge >= 0.3 is 5.69 Å². The molecule has 2 aromatic carbocycles. The number of aromatic nitrogens is 3. The molecular weight excluding hydrogens is 484 g/mol. The van der Waals surface area contributed by atoms with Crippen LogP contribution in [0.4, 0.5) is 0 Å². The fraction of sp³-hybridized carbons (Fsp3) is 0.276. The Morgan fingerprint density at radius 1 is 1.16 bits per heavy atom. The van der Waals surface area contributed by atoms with Crippen molar-refractivity contribution in [2.45, 2.75) is 45.1 Å². The zero-order valence-electron chi connectivity index (χ0n) is 20.6. The van der Waals surface area contributed by atoms with E-state index in [-0.39, 0.29) is 11.8 Å². The molecule has 8 heteroatoms. The van der Waals surface area contributed by atoms with Crippen molar-refractivity contribution in [2.75, 3.05) is 0 Å². The second-order valence-electron chi connectivity index (χ2n) is 9.83. The second kappa shape index (κ2) is 9.61. The van der Waals surface area contributed by atoms with E-state index in [1.165, 1.54) is 11.3 Å². The number of benzene rings is 2. The number of ether oxygens (including phenoxy) is 1. The number of nitrogens with two attached hydrogens (primary N) is 1. The molecule has 0 bridgehead atoms. The van der Waals surface area contributed by atoms with E-state index in [2.05, 4.69) is 9.97 Å². The normalized spacial score (nSPS) is 18.9. The molecule has 0 unspecified atom stereocenters. The van der Waals surface area contributed by atoms with Crippen molar-refractivity contribution in [2.24, 2.45) is 11.7 Å². The van der Waals surface area contributed by atoms with E-state index >= 15 is 0 Å². The molecule has 3 heterocycles. The van der Waals surface area contributed by atoms with E-state index in [1.54, 1.807) is 10.8 Å². The van der Waals surface area contributed by atoms with Crippen LogP contribution >= 0.6 is 11.3 Å². The van der Waals surface area contributed by atoms with Crippen LogP contribution in [0.15, 0.2) is 65.6 Å². The monoisotopic (exact) mass is 512 g/mol. The number of aliphatic hydroxyl groups excluding tert-OH is 1. The fourth-order valence-electron chi connectivity index (χ4n) is 5.41. The molecule has 3 aromatic heterocycles. The zero-order chi connectivity index (χ0) is 25.5. The lowest BCUT2D eigenvalue weighted by Gasteiger charge is -2.26. The maximum absolute atomic E-state index is 13.4. The van der Waals surface area contributed by atoms with Gasteiger partial charge in [-0.2, -0.15) is 4.98 Å². The summed E-state index contributed by atoms with van der Waals surface area (Å²) in [5.41, 5.74) is 8.60. The largest absolute Gasteiger partial charge is 0.511 e. The van der Waals surface area contributed by atoms with Gasteiger partial charge in [0.25, 0.3) is 0 Å². The summed E-state index contributed by atoms with van der Waals surface area (Å²) >= 11 is 1.39. The highest BCUT2D eigenvalue weighted by atomic mass is 32.1. The van der Waals surface area contributed by atoms with Crippen molar-refractivity contribution in [1.82, 2.24) is 14.5 Å². The summed E-state index contributed by atoms with van der Waals surface area (Å²) < 4.78 is 8.21. The van der Waals surface area contributed by atoms with Gasteiger partial charge in [0.2, 0.25) is 0 Å². The van der Waals surface area contributed by atoms with Crippen LogP contribution in [-0.2, 0) is 0 Å². The maximum Gasteiger partial charge on any atom is 0.353 e. The number of hydrogen-bond donors (Lipinski definition) is 2. The predicted molar refractivity (Wildman–Crippen MR) is 148 cm³/mol. The molecule has 6 rings (SSSR count). The van der Waals surface area contributed by atoms with Crippen LogP contribution in [0.1, 0.15) is 37.7 Å². The Labute approximate surface area is 217 Å². The van der Waals surface area contributed by atoms with E-state index in [1.807, 2.05) is 61.5 Å². The third kappa shape index (κ3) is 4.47. The lowest BCUT2D eigenvalue weighted by Crippen LogP contribution is -2.28. The van der Waals surface area contributed by atoms with Gasteiger partial charge in [-0.05, 0) is 74.1 Å². The third-order valence-electron chi connectivity index (χ3n) is 7.14. The Morgan fingerprint density at radius 3 is 2.78 bits per heavy atom. The molecule has 7 nitrogen and oxygen atoms in total. The van der Waals surface area contributed by atoms with Crippen LogP contribution in [0.5, 0.6) is 11.5 Å². The van der Waals surface area contributed by atoms with Gasteiger partial charge in [0.1, 0.15) is 27.6 Å². The van der Waals surface area contributed by atoms with Crippen molar-refractivity contribution in [1.29, 1.82) is 0 Å². The Morgan fingerprint density at radius 2 is 2.00 bits per heavy atom. The molecule has 5 aromatic rings. The Bertz CT molecular complexity index is 1710. The fourth-order valence-corrected chi connectivity index (χ4v) is 6.47. The van der Waals surface area contributed by atoms with Crippen molar-refractivity contribution < 1.29 is 9.84 Å². The third-order valence-corrected chi connectivity index (χ3v) is 8.28.